The van der Waals surface area contributed by atoms with Crippen molar-refractivity contribution < 1.29 is 18.4 Å². The number of nitrogens with one attached hydrogen (secondary N) is 1. The molecule has 2 rings (SSSR count). The molecule has 2 aromatic carbocycles. The topological polar surface area (TPSA) is 64.4 Å². The highest BCUT2D eigenvalue weighted by atomic mass is 19.2. The second-order valence-electron chi connectivity index (χ2n) is 4.74. The molecule has 0 aromatic heterocycles. The van der Waals surface area contributed by atoms with E-state index in [9.17, 15) is 18.9 Å². The van der Waals surface area contributed by atoms with Crippen molar-refractivity contribution in [3.05, 3.63) is 70.3 Å². The number of anilines is 2. The van der Waals surface area contributed by atoms with Crippen LogP contribution in [-0.4, -0.2) is 11.5 Å². The summed E-state index contributed by atoms with van der Waals surface area (Å²) in [6.07, 6.45) is 1.35. The molecular weight excluding hydrogens is 330 g/mol. The molecule has 2 aromatic rings. The predicted molar refractivity (Wildman–Crippen MR) is 94.5 cm³/mol. The van der Waals surface area contributed by atoms with E-state index in [1.54, 1.807) is 24.3 Å². The molecule has 1 N–H and O–H groups in total. The second-order valence-corrected chi connectivity index (χ2v) is 4.74. The molecule has 7 heteroatoms. The molecule has 0 spiro atoms. The first-order valence-electron chi connectivity index (χ1n) is 7.67. The lowest BCUT2D eigenvalue weighted by Crippen LogP contribution is -2.06. The number of nitro groups is 1. The lowest BCUT2D eigenvalue weighted by atomic mass is 10.2. The second kappa shape index (κ2) is 9.36. The Morgan fingerprint density at radius 2 is 1.88 bits per heavy atom. The zero-order valence-corrected chi connectivity index (χ0v) is 14.3. The number of ether oxygens (including phenoxy) is 1. The fraction of sp³-hybridized carbons (Fsp3) is 0.222. The quantitative estimate of drug-likeness (QED) is 0.423. The van der Waals surface area contributed by atoms with Crippen molar-refractivity contribution in [2.24, 2.45) is 0 Å². The molecule has 25 heavy (non-hydrogen) atoms. The first kappa shape index (κ1) is 20.1. The molecule has 0 radical (unpaired) electrons. The van der Waals surface area contributed by atoms with Gasteiger partial charge in [-0.05, 0) is 19.1 Å². The molecule has 0 fully saturated rings. The molecule has 0 aliphatic heterocycles. The van der Waals surface area contributed by atoms with Crippen molar-refractivity contribution in [2.75, 3.05) is 11.9 Å². The van der Waals surface area contributed by atoms with Crippen LogP contribution in [-0.2, 0) is 0 Å². The van der Waals surface area contributed by atoms with Crippen LogP contribution in [0.3, 0.4) is 0 Å². The summed E-state index contributed by atoms with van der Waals surface area (Å²) in [7, 11) is 0. The van der Waals surface area contributed by atoms with E-state index in [1.165, 1.54) is 6.08 Å². The molecule has 0 saturated carbocycles. The Morgan fingerprint density at radius 1 is 1.28 bits per heavy atom. The van der Waals surface area contributed by atoms with Gasteiger partial charge in [-0.25, -0.2) is 8.78 Å². The van der Waals surface area contributed by atoms with E-state index >= 15 is 0 Å². The minimum absolute atomic E-state index is 0.0735. The highest BCUT2D eigenvalue weighted by Crippen LogP contribution is 2.40. The third-order valence-electron chi connectivity index (χ3n) is 3.02. The number of aryl methyl sites for hydroxylation is 1. The summed E-state index contributed by atoms with van der Waals surface area (Å²) >= 11 is 0. The van der Waals surface area contributed by atoms with E-state index in [1.807, 2.05) is 20.8 Å². The van der Waals surface area contributed by atoms with Gasteiger partial charge in [0, 0.05) is 11.8 Å². The highest BCUT2D eigenvalue weighted by Gasteiger charge is 2.28. The van der Waals surface area contributed by atoms with Crippen molar-refractivity contribution >= 4 is 17.1 Å². The van der Waals surface area contributed by atoms with E-state index in [4.69, 9.17) is 4.74 Å². The third kappa shape index (κ3) is 5.00. The Morgan fingerprint density at radius 3 is 2.40 bits per heavy atom. The number of halogens is 2. The molecule has 5 nitrogen and oxygen atoms in total. The number of nitrogens with zero attached hydrogens (tertiary/aromatic N) is 1. The average Bonchev–Trinajstić information content (AvgIpc) is 2.60. The van der Waals surface area contributed by atoms with E-state index in [2.05, 4.69) is 11.9 Å². The van der Waals surface area contributed by atoms with E-state index < -0.39 is 27.9 Å². The molecule has 0 aliphatic rings. The van der Waals surface area contributed by atoms with E-state index in [0.29, 0.717) is 11.8 Å². The van der Waals surface area contributed by atoms with Gasteiger partial charge < -0.3 is 10.1 Å². The third-order valence-corrected chi connectivity index (χ3v) is 3.02. The monoisotopic (exact) mass is 350 g/mol. The van der Waals surface area contributed by atoms with E-state index in [0.717, 1.165) is 5.56 Å². The number of nitro benzene ring substituents is 1. The zero-order chi connectivity index (χ0) is 19.0. The van der Waals surface area contributed by atoms with Crippen LogP contribution >= 0.6 is 0 Å². The van der Waals surface area contributed by atoms with Gasteiger partial charge in [0.05, 0.1) is 4.92 Å². The Bertz CT molecular complexity index is 747. The Labute approximate surface area is 145 Å². The van der Waals surface area contributed by atoms with Crippen LogP contribution in [0.5, 0.6) is 5.75 Å². The highest BCUT2D eigenvalue weighted by molar-refractivity contribution is 5.75. The summed E-state index contributed by atoms with van der Waals surface area (Å²) in [5, 5.41) is 13.8. The van der Waals surface area contributed by atoms with Crippen LogP contribution < -0.4 is 10.1 Å². The number of benzene rings is 2. The lowest BCUT2D eigenvalue weighted by Gasteiger charge is -2.12. The Balaban J connectivity index is 0.00000151. The minimum Gasteiger partial charge on any atom is -0.482 e. The Kier molecular flexibility index (Phi) is 7.52. The SMILES string of the molecule is C=CCOc1cc(F)c(F)c(Nc2ccc(C)cc2)c1[N+](=O)[O-].CC. The maximum absolute atomic E-state index is 14.1. The summed E-state index contributed by atoms with van der Waals surface area (Å²) in [5.41, 5.74) is 0.0851. The molecular formula is C18H20F2N2O3. The van der Waals surface area contributed by atoms with Crippen LogP contribution in [0.4, 0.5) is 25.8 Å². The van der Waals surface area contributed by atoms with Gasteiger partial charge in [0.2, 0.25) is 5.75 Å². The molecule has 0 saturated heterocycles. The Hall–Kier alpha value is -2.96. The fourth-order valence-electron chi connectivity index (χ4n) is 1.93. The number of hydrogen-bond donors (Lipinski definition) is 1. The van der Waals surface area contributed by atoms with Crippen LogP contribution in [0, 0.1) is 28.7 Å². The van der Waals surface area contributed by atoms with Gasteiger partial charge in [0.15, 0.2) is 17.3 Å². The van der Waals surface area contributed by atoms with Gasteiger partial charge in [-0.2, -0.15) is 0 Å². The largest absolute Gasteiger partial charge is 0.482 e. The van der Waals surface area contributed by atoms with Crippen molar-refractivity contribution in [1.82, 2.24) is 0 Å². The molecule has 0 bridgehead atoms. The van der Waals surface area contributed by atoms with Gasteiger partial charge >= 0.3 is 5.69 Å². The summed E-state index contributed by atoms with van der Waals surface area (Å²) in [6.45, 7) is 9.19. The van der Waals surface area contributed by atoms with Crippen LogP contribution in [0.2, 0.25) is 0 Å². The maximum atomic E-state index is 14.1. The standard InChI is InChI=1S/C16H14F2N2O3.C2H6/c1-3-8-23-13-9-12(17)14(18)15(16(13)20(21)22)19-11-6-4-10(2)5-7-11;1-2/h3-7,9,19H,1,8H2,2H3;1-2H3. The molecule has 134 valence electrons. The summed E-state index contributed by atoms with van der Waals surface area (Å²) < 4.78 is 32.9. The fourth-order valence-corrected chi connectivity index (χ4v) is 1.93. The summed E-state index contributed by atoms with van der Waals surface area (Å²) in [6, 6.07) is 7.33. The van der Waals surface area contributed by atoms with Crippen molar-refractivity contribution in [1.29, 1.82) is 0 Å². The number of hydrogen-bond acceptors (Lipinski definition) is 4. The zero-order valence-electron chi connectivity index (χ0n) is 14.3. The average molecular weight is 350 g/mol. The lowest BCUT2D eigenvalue weighted by molar-refractivity contribution is -0.385. The van der Waals surface area contributed by atoms with Crippen molar-refractivity contribution in [3.63, 3.8) is 0 Å². The molecule has 0 atom stereocenters. The van der Waals surface area contributed by atoms with Crippen LogP contribution in [0.25, 0.3) is 0 Å². The smallest absolute Gasteiger partial charge is 0.337 e. The number of rotatable bonds is 6. The molecule has 0 aliphatic carbocycles. The molecule has 0 heterocycles. The first-order chi connectivity index (χ1) is 11.9. The minimum atomic E-state index is -1.34. The first-order valence-corrected chi connectivity index (χ1v) is 7.67. The van der Waals surface area contributed by atoms with Gasteiger partial charge in [0.1, 0.15) is 6.61 Å². The van der Waals surface area contributed by atoms with Crippen molar-refractivity contribution in [3.8, 4) is 5.75 Å². The van der Waals surface area contributed by atoms with Crippen LogP contribution in [0.1, 0.15) is 19.4 Å². The van der Waals surface area contributed by atoms with Gasteiger partial charge in [-0.15, -0.1) is 0 Å². The van der Waals surface area contributed by atoms with Gasteiger partial charge in [0.25, 0.3) is 0 Å². The summed E-state index contributed by atoms with van der Waals surface area (Å²) in [5.74, 6) is -2.96. The molecule has 0 amide bonds. The van der Waals surface area contributed by atoms with Crippen molar-refractivity contribution in [2.45, 2.75) is 20.8 Å². The van der Waals surface area contributed by atoms with Gasteiger partial charge in [-0.1, -0.05) is 44.2 Å². The summed E-state index contributed by atoms with van der Waals surface area (Å²) in [4.78, 5) is 10.5. The molecule has 0 unspecified atom stereocenters. The predicted octanol–water partition coefficient (Wildman–Crippen LogP) is 5.52. The normalized spacial score (nSPS) is 9.64. The van der Waals surface area contributed by atoms with Crippen LogP contribution in [0.15, 0.2) is 43.0 Å². The van der Waals surface area contributed by atoms with Gasteiger partial charge in [-0.3, -0.25) is 10.1 Å². The maximum Gasteiger partial charge on any atom is 0.337 e. The van der Waals surface area contributed by atoms with E-state index in [-0.39, 0.29) is 12.4 Å².